The Balaban J connectivity index is 2.47. The minimum atomic E-state index is -3.79. The molecular weight excluding hydrogens is 331 g/mol. The summed E-state index contributed by atoms with van der Waals surface area (Å²) in [6.45, 7) is 3.68. The number of halogens is 2. The highest BCUT2D eigenvalue weighted by atomic mass is 35.5. The van der Waals surface area contributed by atoms with Gasteiger partial charge in [0.15, 0.2) is 0 Å². The Kier molecular flexibility index (Phi) is 4.37. The zero-order chi connectivity index (χ0) is 15.8. The Hall–Kier alpha value is -1.43. The SMILES string of the molecule is Cc1ccc(N)c(NS(=O)(=O)c2ccc(Cl)c(Cl)c2)c1C. The molecule has 0 spiro atoms. The second-order valence-corrected chi connectivity index (χ2v) is 7.15. The molecule has 0 bridgehead atoms. The first-order valence-electron chi connectivity index (χ1n) is 6.06. The van der Waals surface area contributed by atoms with Gasteiger partial charge in [0.25, 0.3) is 10.0 Å². The van der Waals surface area contributed by atoms with E-state index in [1.54, 1.807) is 13.0 Å². The van der Waals surface area contributed by atoms with Gasteiger partial charge in [-0.2, -0.15) is 0 Å². The van der Waals surface area contributed by atoms with E-state index in [4.69, 9.17) is 28.9 Å². The summed E-state index contributed by atoms with van der Waals surface area (Å²) in [6, 6.07) is 7.62. The number of nitrogens with one attached hydrogen (secondary N) is 1. The van der Waals surface area contributed by atoms with Crippen molar-refractivity contribution in [2.24, 2.45) is 0 Å². The minimum Gasteiger partial charge on any atom is -0.397 e. The van der Waals surface area contributed by atoms with E-state index < -0.39 is 10.0 Å². The van der Waals surface area contributed by atoms with E-state index in [0.717, 1.165) is 11.1 Å². The number of benzene rings is 2. The average molecular weight is 345 g/mol. The van der Waals surface area contributed by atoms with Crippen molar-refractivity contribution in [3.05, 3.63) is 51.5 Å². The van der Waals surface area contributed by atoms with Crippen LogP contribution in [0.15, 0.2) is 35.2 Å². The van der Waals surface area contributed by atoms with Crippen LogP contribution < -0.4 is 10.5 Å². The lowest BCUT2D eigenvalue weighted by molar-refractivity contribution is 0.601. The molecule has 0 aliphatic heterocycles. The third-order valence-electron chi connectivity index (χ3n) is 3.21. The van der Waals surface area contributed by atoms with E-state index in [1.807, 2.05) is 13.0 Å². The van der Waals surface area contributed by atoms with Gasteiger partial charge >= 0.3 is 0 Å². The van der Waals surface area contributed by atoms with E-state index in [0.29, 0.717) is 16.4 Å². The number of nitrogens with two attached hydrogens (primary N) is 1. The number of rotatable bonds is 3. The van der Waals surface area contributed by atoms with E-state index in [1.165, 1.54) is 18.2 Å². The summed E-state index contributed by atoms with van der Waals surface area (Å²) >= 11 is 11.7. The van der Waals surface area contributed by atoms with E-state index in [9.17, 15) is 8.42 Å². The summed E-state index contributed by atoms with van der Waals surface area (Å²) in [7, 11) is -3.79. The maximum atomic E-state index is 12.4. The third kappa shape index (κ3) is 3.26. The first-order valence-corrected chi connectivity index (χ1v) is 8.30. The summed E-state index contributed by atoms with van der Waals surface area (Å²) in [5.74, 6) is 0. The summed E-state index contributed by atoms with van der Waals surface area (Å²) in [6.07, 6.45) is 0. The molecule has 0 saturated heterocycles. The summed E-state index contributed by atoms with van der Waals surface area (Å²) < 4.78 is 27.3. The zero-order valence-corrected chi connectivity index (χ0v) is 13.8. The van der Waals surface area contributed by atoms with Crippen LogP contribution in [-0.2, 0) is 10.0 Å². The average Bonchev–Trinajstić information content (AvgIpc) is 2.42. The van der Waals surface area contributed by atoms with Crippen LogP contribution in [-0.4, -0.2) is 8.42 Å². The van der Waals surface area contributed by atoms with Crippen LogP contribution in [0.3, 0.4) is 0 Å². The molecule has 112 valence electrons. The fourth-order valence-electron chi connectivity index (χ4n) is 1.81. The van der Waals surface area contributed by atoms with Crippen LogP contribution in [0, 0.1) is 13.8 Å². The van der Waals surface area contributed by atoms with Crippen molar-refractivity contribution < 1.29 is 8.42 Å². The van der Waals surface area contributed by atoms with Crippen molar-refractivity contribution >= 4 is 44.6 Å². The first-order chi connectivity index (χ1) is 9.72. The summed E-state index contributed by atoms with van der Waals surface area (Å²) in [5, 5.41) is 0.468. The smallest absolute Gasteiger partial charge is 0.262 e. The van der Waals surface area contributed by atoms with Gasteiger partial charge in [-0.1, -0.05) is 29.3 Å². The summed E-state index contributed by atoms with van der Waals surface area (Å²) in [5.41, 5.74) is 8.31. The van der Waals surface area contributed by atoms with Crippen LogP contribution in [0.1, 0.15) is 11.1 Å². The van der Waals surface area contributed by atoms with Crippen LogP contribution in [0.5, 0.6) is 0 Å². The molecule has 0 fully saturated rings. The van der Waals surface area contributed by atoms with Gasteiger partial charge in [0.05, 0.1) is 26.3 Å². The highest BCUT2D eigenvalue weighted by Gasteiger charge is 2.18. The Morgan fingerprint density at radius 3 is 2.33 bits per heavy atom. The van der Waals surface area contributed by atoms with Gasteiger partial charge in [0.2, 0.25) is 0 Å². The largest absolute Gasteiger partial charge is 0.397 e. The fourth-order valence-corrected chi connectivity index (χ4v) is 3.35. The lowest BCUT2D eigenvalue weighted by Crippen LogP contribution is -2.15. The number of hydrogen-bond donors (Lipinski definition) is 2. The van der Waals surface area contributed by atoms with Crippen LogP contribution in [0.4, 0.5) is 11.4 Å². The molecule has 0 atom stereocenters. The van der Waals surface area contributed by atoms with E-state index >= 15 is 0 Å². The molecule has 21 heavy (non-hydrogen) atoms. The zero-order valence-electron chi connectivity index (χ0n) is 11.4. The molecule has 3 N–H and O–H groups in total. The molecule has 0 heterocycles. The lowest BCUT2D eigenvalue weighted by atomic mass is 10.1. The van der Waals surface area contributed by atoms with Crippen molar-refractivity contribution in [2.75, 3.05) is 10.5 Å². The Bertz CT molecular complexity index is 805. The predicted molar refractivity (Wildman–Crippen MR) is 87.6 cm³/mol. The molecule has 0 aliphatic rings. The van der Waals surface area contributed by atoms with Gasteiger partial charge < -0.3 is 5.73 Å². The topological polar surface area (TPSA) is 72.2 Å². The molecule has 2 aromatic carbocycles. The van der Waals surface area contributed by atoms with E-state index in [-0.39, 0.29) is 9.92 Å². The third-order valence-corrected chi connectivity index (χ3v) is 5.29. The molecule has 0 saturated carbocycles. The molecule has 0 aliphatic carbocycles. The maximum Gasteiger partial charge on any atom is 0.262 e. The number of hydrogen-bond acceptors (Lipinski definition) is 3. The molecule has 0 unspecified atom stereocenters. The van der Waals surface area contributed by atoms with Crippen molar-refractivity contribution in [1.82, 2.24) is 0 Å². The first kappa shape index (κ1) is 15.9. The van der Waals surface area contributed by atoms with Gasteiger partial charge in [0.1, 0.15) is 0 Å². The van der Waals surface area contributed by atoms with E-state index in [2.05, 4.69) is 4.72 Å². The monoisotopic (exact) mass is 344 g/mol. The Morgan fingerprint density at radius 2 is 1.71 bits per heavy atom. The highest BCUT2D eigenvalue weighted by Crippen LogP contribution is 2.30. The summed E-state index contributed by atoms with van der Waals surface area (Å²) in [4.78, 5) is 0.0252. The molecule has 0 amide bonds. The minimum absolute atomic E-state index is 0.0252. The van der Waals surface area contributed by atoms with Gasteiger partial charge in [-0.15, -0.1) is 0 Å². The van der Waals surface area contributed by atoms with Gasteiger partial charge in [-0.25, -0.2) is 8.42 Å². The number of anilines is 2. The van der Waals surface area contributed by atoms with Crippen molar-refractivity contribution in [2.45, 2.75) is 18.7 Å². The standard InChI is InChI=1S/C14H14Cl2N2O2S/c1-8-3-6-13(17)14(9(8)2)18-21(19,20)10-4-5-11(15)12(16)7-10/h3-7,18H,17H2,1-2H3. The Labute approximate surface area is 133 Å². The number of aryl methyl sites for hydroxylation is 1. The van der Waals surface area contributed by atoms with Crippen LogP contribution in [0.25, 0.3) is 0 Å². The van der Waals surface area contributed by atoms with Crippen LogP contribution in [0.2, 0.25) is 10.0 Å². The number of sulfonamides is 1. The second kappa shape index (κ2) is 5.75. The van der Waals surface area contributed by atoms with Gasteiger partial charge in [-0.3, -0.25) is 4.72 Å². The quantitative estimate of drug-likeness (QED) is 0.826. The highest BCUT2D eigenvalue weighted by molar-refractivity contribution is 7.92. The predicted octanol–water partition coefficient (Wildman–Crippen LogP) is 3.99. The van der Waals surface area contributed by atoms with Gasteiger partial charge in [0, 0.05) is 0 Å². The Morgan fingerprint density at radius 1 is 1.05 bits per heavy atom. The second-order valence-electron chi connectivity index (χ2n) is 4.65. The molecule has 2 aromatic rings. The maximum absolute atomic E-state index is 12.4. The van der Waals surface area contributed by atoms with Crippen molar-refractivity contribution in [3.8, 4) is 0 Å². The molecule has 4 nitrogen and oxygen atoms in total. The van der Waals surface area contributed by atoms with Crippen molar-refractivity contribution in [3.63, 3.8) is 0 Å². The number of nitrogen functional groups attached to an aromatic ring is 1. The fraction of sp³-hybridized carbons (Fsp3) is 0.143. The molecule has 0 aromatic heterocycles. The molecule has 7 heteroatoms. The van der Waals surface area contributed by atoms with Crippen LogP contribution >= 0.6 is 23.2 Å². The molecule has 0 radical (unpaired) electrons. The lowest BCUT2D eigenvalue weighted by Gasteiger charge is -2.15. The van der Waals surface area contributed by atoms with Crippen molar-refractivity contribution in [1.29, 1.82) is 0 Å². The normalized spacial score (nSPS) is 11.4. The molecule has 2 rings (SSSR count). The molecular formula is C14H14Cl2N2O2S. The van der Waals surface area contributed by atoms with Gasteiger partial charge in [-0.05, 0) is 49.2 Å².